The van der Waals surface area contributed by atoms with Gasteiger partial charge in [-0.15, -0.1) is 0 Å². The van der Waals surface area contributed by atoms with Crippen LogP contribution in [0.1, 0.15) is 41.0 Å². The lowest BCUT2D eigenvalue weighted by Gasteiger charge is -2.10. The summed E-state index contributed by atoms with van der Waals surface area (Å²) < 4.78 is 0. The van der Waals surface area contributed by atoms with E-state index >= 15 is 0 Å². The molecule has 25 heavy (non-hydrogen) atoms. The van der Waals surface area contributed by atoms with E-state index in [1.54, 1.807) is 24.3 Å². The van der Waals surface area contributed by atoms with E-state index in [-0.39, 0.29) is 23.0 Å². The van der Waals surface area contributed by atoms with Crippen molar-refractivity contribution >= 4 is 29.2 Å². The van der Waals surface area contributed by atoms with Crippen molar-refractivity contribution in [1.82, 2.24) is 0 Å². The first-order valence-electron chi connectivity index (χ1n) is 7.90. The molecule has 0 heterocycles. The standard InChI is InChI=1S/C19H20N2O4/c1-12(2)9-17(22)20-15-7-4-8-16(11-15)21-18(23)13-5-3-6-14(10-13)19(24)25/h3-8,10-12H,9H2,1-2H3,(H,20,22)(H,21,23)(H,24,25). The van der Waals surface area contributed by atoms with Crippen molar-refractivity contribution in [2.75, 3.05) is 10.6 Å². The molecule has 6 nitrogen and oxygen atoms in total. The zero-order valence-electron chi connectivity index (χ0n) is 14.1. The van der Waals surface area contributed by atoms with E-state index in [9.17, 15) is 14.4 Å². The molecule has 2 rings (SSSR count). The maximum Gasteiger partial charge on any atom is 0.335 e. The molecule has 0 spiro atoms. The molecular formula is C19H20N2O4. The Kier molecular flexibility index (Phi) is 5.89. The first-order valence-corrected chi connectivity index (χ1v) is 7.90. The highest BCUT2D eigenvalue weighted by Gasteiger charge is 2.11. The summed E-state index contributed by atoms with van der Waals surface area (Å²) in [5.74, 6) is -1.35. The predicted molar refractivity (Wildman–Crippen MR) is 95.9 cm³/mol. The molecule has 0 saturated heterocycles. The fourth-order valence-electron chi connectivity index (χ4n) is 2.25. The van der Waals surface area contributed by atoms with Crippen molar-refractivity contribution in [2.24, 2.45) is 5.92 Å². The molecule has 0 aliphatic rings. The van der Waals surface area contributed by atoms with Gasteiger partial charge in [-0.3, -0.25) is 9.59 Å². The van der Waals surface area contributed by atoms with Crippen molar-refractivity contribution < 1.29 is 19.5 Å². The number of hydrogen-bond donors (Lipinski definition) is 3. The van der Waals surface area contributed by atoms with Gasteiger partial charge in [0.25, 0.3) is 5.91 Å². The van der Waals surface area contributed by atoms with Crippen LogP contribution in [0, 0.1) is 5.92 Å². The summed E-state index contributed by atoms with van der Waals surface area (Å²) in [5.41, 5.74) is 1.38. The van der Waals surface area contributed by atoms with Crippen molar-refractivity contribution in [3.63, 3.8) is 0 Å². The Labute approximate surface area is 145 Å². The number of carboxylic acid groups (broad SMARTS) is 1. The smallest absolute Gasteiger partial charge is 0.335 e. The number of anilines is 2. The minimum absolute atomic E-state index is 0.0438. The molecule has 0 atom stereocenters. The Balaban J connectivity index is 2.08. The van der Waals surface area contributed by atoms with Crippen LogP contribution < -0.4 is 10.6 Å². The third kappa shape index (κ3) is 5.46. The lowest BCUT2D eigenvalue weighted by atomic mass is 10.1. The lowest BCUT2D eigenvalue weighted by Crippen LogP contribution is -2.15. The van der Waals surface area contributed by atoms with E-state index < -0.39 is 11.9 Å². The first kappa shape index (κ1) is 18.2. The van der Waals surface area contributed by atoms with E-state index in [1.165, 1.54) is 24.3 Å². The number of nitrogens with one attached hydrogen (secondary N) is 2. The summed E-state index contributed by atoms with van der Waals surface area (Å²) in [4.78, 5) is 35.1. The highest BCUT2D eigenvalue weighted by molar-refractivity contribution is 6.06. The monoisotopic (exact) mass is 340 g/mol. The van der Waals surface area contributed by atoms with E-state index in [1.807, 2.05) is 13.8 Å². The molecule has 0 radical (unpaired) electrons. The van der Waals surface area contributed by atoms with Crippen LogP contribution in [0.2, 0.25) is 0 Å². The summed E-state index contributed by atoms with van der Waals surface area (Å²) in [7, 11) is 0. The molecule has 3 N–H and O–H groups in total. The van der Waals surface area contributed by atoms with Gasteiger partial charge in [0.2, 0.25) is 5.91 Å². The highest BCUT2D eigenvalue weighted by Crippen LogP contribution is 2.17. The van der Waals surface area contributed by atoms with Crippen LogP contribution in [0.15, 0.2) is 48.5 Å². The third-order valence-electron chi connectivity index (χ3n) is 3.37. The maximum absolute atomic E-state index is 12.3. The maximum atomic E-state index is 12.3. The molecule has 0 fully saturated rings. The van der Waals surface area contributed by atoms with E-state index in [0.717, 1.165) is 0 Å². The van der Waals surface area contributed by atoms with Crippen LogP contribution in [-0.2, 0) is 4.79 Å². The fraction of sp³-hybridized carbons (Fsp3) is 0.211. The number of carboxylic acids is 1. The van der Waals surface area contributed by atoms with Gasteiger partial charge in [-0.1, -0.05) is 26.0 Å². The Morgan fingerprint density at radius 2 is 1.52 bits per heavy atom. The van der Waals surface area contributed by atoms with Crippen LogP contribution in [0.3, 0.4) is 0 Å². The number of aromatic carboxylic acids is 1. The summed E-state index contributed by atoms with van der Waals surface area (Å²) >= 11 is 0. The molecule has 130 valence electrons. The topological polar surface area (TPSA) is 95.5 Å². The Bertz CT molecular complexity index is 800. The Morgan fingerprint density at radius 3 is 2.16 bits per heavy atom. The van der Waals surface area contributed by atoms with E-state index in [4.69, 9.17) is 5.11 Å². The summed E-state index contributed by atoms with van der Waals surface area (Å²) in [6.07, 6.45) is 0.415. The number of rotatable bonds is 6. The summed E-state index contributed by atoms with van der Waals surface area (Å²) in [5, 5.41) is 14.5. The quantitative estimate of drug-likeness (QED) is 0.748. The first-order chi connectivity index (χ1) is 11.8. The molecule has 2 aromatic rings. The summed E-state index contributed by atoms with van der Waals surface area (Å²) in [6, 6.07) is 12.6. The Morgan fingerprint density at radius 1 is 0.920 bits per heavy atom. The zero-order valence-corrected chi connectivity index (χ0v) is 14.1. The van der Waals surface area contributed by atoms with Crippen molar-refractivity contribution in [3.05, 3.63) is 59.7 Å². The van der Waals surface area contributed by atoms with Crippen molar-refractivity contribution in [2.45, 2.75) is 20.3 Å². The molecule has 0 saturated carbocycles. The highest BCUT2D eigenvalue weighted by atomic mass is 16.4. The number of hydrogen-bond acceptors (Lipinski definition) is 3. The van der Waals surface area contributed by atoms with Crippen LogP contribution in [0.4, 0.5) is 11.4 Å². The minimum Gasteiger partial charge on any atom is -0.478 e. The normalized spacial score (nSPS) is 10.4. The van der Waals surface area contributed by atoms with Gasteiger partial charge in [0.05, 0.1) is 5.56 Å². The second-order valence-corrected chi connectivity index (χ2v) is 6.07. The summed E-state index contributed by atoms with van der Waals surface area (Å²) in [6.45, 7) is 3.92. The molecule has 0 unspecified atom stereocenters. The van der Waals surface area contributed by atoms with Gasteiger partial charge in [0.15, 0.2) is 0 Å². The van der Waals surface area contributed by atoms with Gasteiger partial charge >= 0.3 is 5.97 Å². The SMILES string of the molecule is CC(C)CC(=O)Nc1cccc(NC(=O)c2cccc(C(=O)O)c2)c1. The molecule has 2 amide bonds. The van der Waals surface area contributed by atoms with Crippen LogP contribution in [0.5, 0.6) is 0 Å². The molecule has 0 aliphatic carbocycles. The average Bonchev–Trinajstić information content (AvgIpc) is 2.54. The van der Waals surface area contributed by atoms with E-state index in [0.29, 0.717) is 17.8 Å². The number of carbonyl (C=O) groups is 3. The minimum atomic E-state index is -1.09. The molecule has 6 heteroatoms. The average molecular weight is 340 g/mol. The lowest BCUT2D eigenvalue weighted by molar-refractivity contribution is -0.116. The number of benzene rings is 2. The molecule has 0 aliphatic heterocycles. The largest absolute Gasteiger partial charge is 0.478 e. The Hall–Kier alpha value is -3.15. The number of amides is 2. The van der Waals surface area contributed by atoms with Crippen molar-refractivity contribution in [1.29, 1.82) is 0 Å². The van der Waals surface area contributed by atoms with E-state index in [2.05, 4.69) is 10.6 Å². The van der Waals surface area contributed by atoms with Crippen LogP contribution in [0.25, 0.3) is 0 Å². The molecule has 0 aromatic heterocycles. The fourth-order valence-corrected chi connectivity index (χ4v) is 2.25. The third-order valence-corrected chi connectivity index (χ3v) is 3.37. The number of carbonyl (C=O) groups excluding carboxylic acids is 2. The zero-order chi connectivity index (χ0) is 18.4. The second kappa shape index (κ2) is 8.10. The van der Waals surface area contributed by atoms with Crippen LogP contribution >= 0.6 is 0 Å². The van der Waals surface area contributed by atoms with Crippen LogP contribution in [-0.4, -0.2) is 22.9 Å². The van der Waals surface area contributed by atoms with Crippen molar-refractivity contribution in [3.8, 4) is 0 Å². The second-order valence-electron chi connectivity index (χ2n) is 6.07. The van der Waals surface area contributed by atoms with Gasteiger partial charge < -0.3 is 15.7 Å². The predicted octanol–water partition coefficient (Wildman–Crippen LogP) is 3.62. The van der Waals surface area contributed by atoms with Gasteiger partial charge in [-0.25, -0.2) is 4.79 Å². The van der Waals surface area contributed by atoms with Gasteiger partial charge in [0.1, 0.15) is 0 Å². The molecule has 2 aromatic carbocycles. The van der Waals surface area contributed by atoms with Gasteiger partial charge in [-0.05, 0) is 42.3 Å². The molecule has 0 bridgehead atoms. The molecular weight excluding hydrogens is 320 g/mol. The van der Waals surface area contributed by atoms with Gasteiger partial charge in [-0.2, -0.15) is 0 Å². The van der Waals surface area contributed by atoms with Gasteiger partial charge in [0, 0.05) is 23.4 Å².